The lowest BCUT2D eigenvalue weighted by molar-refractivity contribution is 0.602. The number of aliphatic imine (C=N–C) groups is 1. The van der Waals surface area contributed by atoms with Crippen molar-refractivity contribution in [3.63, 3.8) is 0 Å². The van der Waals surface area contributed by atoms with Gasteiger partial charge in [0.05, 0.1) is 13.1 Å². The number of para-hydroxylation sites is 1. The summed E-state index contributed by atoms with van der Waals surface area (Å²) in [6, 6.07) is 20.4. The predicted molar refractivity (Wildman–Crippen MR) is 103 cm³/mol. The highest BCUT2D eigenvalue weighted by Crippen LogP contribution is 2.07. The maximum absolute atomic E-state index is 4.70. The highest BCUT2D eigenvalue weighted by atomic mass is 15.3. The van der Waals surface area contributed by atoms with Gasteiger partial charge in [0, 0.05) is 24.6 Å². The van der Waals surface area contributed by atoms with Crippen molar-refractivity contribution in [2.45, 2.75) is 20.0 Å². The maximum Gasteiger partial charge on any atom is 0.196 e. The first kappa shape index (κ1) is 16.8. The number of anilines is 1. The summed E-state index contributed by atoms with van der Waals surface area (Å²) in [7, 11) is 0. The van der Waals surface area contributed by atoms with Gasteiger partial charge >= 0.3 is 0 Å². The lowest BCUT2D eigenvalue weighted by Gasteiger charge is -2.13. The zero-order valence-corrected chi connectivity index (χ0v) is 14.4. The van der Waals surface area contributed by atoms with Gasteiger partial charge in [0.2, 0.25) is 0 Å². The van der Waals surface area contributed by atoms with Crippen molar-refractivity contribution in [2.24, 2.45) is 4.99 Å². The van der Waals surface area contributed by atoms with Gasteiger partial charge in [0.1, 0.15) is 0 Å². The van der Waals surface area contributed by atoms with Crippen LogP contribution in [0.4, 0.5) is 5.69 Å². The van der Waals surface area contributed by atoms with Crippen molar-refractivity contribution < 1.29 is 0 Å². The van der Waals surface area contributed by atoms with E-state index in [-0.39, 0.29) is 0 Å². The van der Waals surface area contributed by atoms with Crippen molar-refractivity contribution >= 4 is 11.6 Å². The predicted octanol–water partition coefficient (Wildman–Crippen LogP) is 3.45. The molecule has 25 heavy (non-hydrogen) atoms. The van der Waals surface area contributed by atoms with Crippen molar-refractivity contribution in [3.8, 4) is 0 Å². The molecular formula is C20H23N5. The van der Waals surface area contributed by atoms with E-state index in [1.54, 1.807) is 6.20 Å². The number of benzene rings is 2. The van der Waals surface area contributed by atoms with E-state index in [1.165, 1.54) is 11.1 Å². The van der Waals surface area contributed by atoms with Crippen LogP contribution in [0, 0.1) is 6.92 Å². The first-order valence-electron chi connectivity index (χ1n) is 8.43. The second-order valence-electron chi connectivity index (χ2n) is 5.84. The molecule has 0 aliphatic rings. The van der Waals surface area contributed by atoms with Crippen LogP contribution in [-0.2, 0) is 13.1 Å². The molecule has 2 N–H and O–H groups in total. The lowest BCUT2D eigenvalue weighted by atomic mass is 10.1. The Hall–Kier alpha value is -3.08. The summed E-state index contributed by atoms with van der Waals surface area (Å²) in [5.41, 5.74) is 3.45. The summed E-state index contributed by atoms with van der Waals surface area (Å²) in [6.07, 6.45) is 3.74. The van der Waals surface area contributed by atoms with E-state index in [1.807, 2.05) is 47.3 Å². The molecule has 0 saturated carbocycles. The molecule has 5 nitrogen and oxygen atoms in total. The number of nitrogens with one attached hydrogen (secondary N) is 2. The minimum absolute atomic E-state index is 0.629. The smallest absolute Gasteiger partial charge is 0.196 e. The number of hydrogen-bond donors (Lipinski definition) is 2. The van der Waals surface area contributed by atoms with Crippen LogP contribution in [0.5, 0.6) is 0 Å². The molecule has 1 aromatic heterocycles. The van der Waals surface area contributed by atoms with Gasteiger partial charge in [0.15, 0.2) is 5.96 Å². The summed E-state index contributed by atoms with van der Waals surface area (Å²) < 4.78 is 1.90. The molecular weight excluding hydrogens is 310 g/mol. The van der Waals surface area contributed by atoms with Crippen molar-refractivity contribution in [3.05, 3.63) is 84.2 Å². The highest BCUT2D eigenvalue weighted by Gasteiger charge is 2.01. The van der Waals surface area contributed by atoms with Gasteiger partial charge in [-0.25, -0.2) is 4.99 Å². The largest absolute Gasteiger partial charge is 0.354 e. The van der Waals surface area contributed by atoms with Crippen molar-refractivity contribution in [2.75, 3.05) is 11.9 Å². The fourth-order valence-corrected chi connectivity index (χ4v) is 2.38. The van der Waals surface area contributed by atoms with Crippen LogP contribution in [-0.4, -0.2) is 22.3 Å². The Kier molecular flexibility index (Phi) is 5.82. The fourth-order valence-electron chi connectivity index (χ4n) is 2.38. The summed E-state index contributed by atoms with van der Waals surface area (Å²) >= 11 is 0. The van der Waals surface area contributed by atoms with E-state index >= 15 is 0 Å². The topological polar surface area (TPSA) is 54.2 Å². The second kappa shape index (κ2) is 8.68. The number of guanidine groups is 1. The number of nitrogens with zero attached hydrogens (tertiary/aromatic N) is 3. The van der Waals surface area contributed by atoms with Crippen LogP contribution >= 0.6 is 0 Å². The highest BCUT2D eigenvalue weighted by molar-refractivity contribution is 5.93. The average molecular weight is 333 g/mol. The molecule has 5 heteroatoms. The molecule has 0 radical (unpaired) electrons. The van der Waals surface area contributed by atoms with E-state index in [2.05, 4.69) is 46.9 Å². The Morgan fingerprint density at radius 3 is 2.56 bits per heavy atom. The van der Waals surface area contributed by atoms with E-state index in [9.17, 15) is 0 Å². The van der Waals surface area contributed by atoms with Crippen LogP contribution in [0.25, 0.3) is 0 Å². The van der Waals surface area contributed by atoms with E-state index in [0.717, 1.165) is 24.7 Å². The molecule has 0 bridgehead atoms. The van der Waals surface area contributed by atoms with Crippen LogP contribution in [0.2, 0.25) is 0 Å². The molecule has 0 aliphatic carbocycles. The Morgan fingerprint density at radius 1 is 1.04 bits per heavy atom. The number of aryl methyl sites for hydroxylation is 1. The monoisotopic (exact) mass is 333 g/mol. The third kappa shape index (κ3) is 5.49. The Morgan fingerprint density at radius 2 is 1.84 bits per heavy atom. The molecule has 2 aromatic carbocycles. The van der Waals surface area contributed by atoms with E-state index < -0.39 is 0 Å². The van der Waals surface area contributed by atoms with Crippen LogP contribution in [0.1, 0.15) is 11.1 Å². The van der Waals surface area contributed by atoms with E-state index in [4.69, 9.17) is 4.99 Å². The van der Waals surface area contributed by atoms with Crippen LogP contribution in [0.3, 0.4) is 0 Å². The standard InChI is InChI=1S/C20H23N5/c1-17-8-10-18(11-9-17)16-22-20(24-19-6-3-2-4-7-19)21-13-15-25-14-5-12-23-25/h2-12,14H,13,15-16H2,1H3,(H2,21,22,24). The molecule has 1 heterocycles. The molecule has 0 unspecified atom stereocenters. The molecule has 128 valence electrons. The molecule has 0 aliphatic heterocycles. The Bertz CT molecular complexity index is 777. The molecule has 0 atom stereocenters. The quantitative estimate of drug-likeness (QED) is 0.537. The first-order valence-corrected chi connectivity index (χ1v) is 8.43. The fraction of sp³-hybridized carbons (Fsp3) is 0.200. The van der Waals surface area contributed by atoms with Gasteiger partial charge in [-0.1, -0.05) is 48.0 Å². The van der Waals surface area contributed by atoms with Gasteiger partial charge in [-0.15, -0.1) is 0 Å². The first-order chi connectivity index (χ1) is 12.3. The van der Waals surface area contributed by atoms with Crippen molar-refractivity contribution in [1.29, 1.82) is 0 Å². The number of rotatable bonds is 6. The van der Waals surface area contributed by atoms with Gasteiger partial charge in [-0.2, -0.15) is 5.10 Å². The number of hydrogen-bond acceptors (Lipinski definition) is 2. The molecule has 0 spiro atoms. The summed E-state index contributed by atoms with van der Waals surface area (Å²) in [5, 5.41) is 10.9. The summed E-state index contributed by atoms with van der Waals surface area (Å²) in [4.78, 5) is 4.70. The van der Waals surface area contributed by atoms with Crippen LogP contribution < -0.4 is 10.6 Å². The number of aromatic nitrogens is 2. The van der Waals surface area contributed by atoms with Gasteiger partial charge in [-0.3, -0.25) is 4.68 Å². The minimum atomic E-state index is 0.629. The minimum Gasteiger partial charge on any atom is -0.354 e. The zero-order chi connectivity index (χ0) is 17.3. The summed E-state index contributed by atoms with van der Waals surface area (Å²) in [5.74, 6) is 0.763. The molecule has 0 amide bonds. The SMILES string of the molecule is Cc1ccc(CN=C(NCCn2cccn2)Nc2ccccc2)cc1. The Balaban J connectivity index is 1.64. The zero-order valence-electron chi connectivity index (χ0n) is 14.4. The second-order valence-corrected chi connectivity index (χ2v) is 5.84. The van der Waals surface area contributed by atoms with E-state index in [0.29, 0.717) is 6.54 Å². The van der Waals surface area contributed by atoms with Gasteiger partial charge < -0.3 is 10.6 Å². The van der Waals surface area contributed by atoms with Gasteiger partial charge in [-0.05, 0) is 30.7 Å². The Labute approximate surface area is 148 Å². The van der Waals surface area contributed by atoms with Gasteiger partial charge in [0.25, 0.3) is 0 Å². The molecule has 3 rings (SSSR count). The lowest BCUT2D eigenvalue weighted by Crippen LogP contribution is -2.33. The van der Waals surface area contributed by atoms with Crippen molar-refractivity contribution in [1.82, 2.24) is 15.1 Å². The third-order valence-electron chi connectivity index (χ3n) is 3.77. The average Bonchev–Trinajstić information content (AvgIpc) is 3.15. The molecule has 0 fully saturated rings. The molecule has 0 saturated heterocycles. The normalized spacial score (nSPS) is 11.3. The maximum atomic E-state index is 4.70. The van der Waals surface area contributed by atoms with Crippen LogP contribution in [0.15, 0.2) is 78.0 Å². The molecule has 3 aromatic rings. The summed E-state index contributed by atoms with van der Waals surface area (Å²) in [6.45, 7) is 4.25. The third-order valence-corrected chi connectivity index (χ3v) is 3.77.